The van der Waals surface area contributed by atoms with Crippen molar-refractivity contribution in [1.82, 2.24) is 5.32 Å². The monoisotopic (exact) mass is 269 g/mol. The van der Waals surface area contributed by atoms with E-state index in [4.69, 9.17) is 21.1 Å². The van der Waals surface area contributed by atoms with Crippen LogP contribution < -0.4 is 10.1 Å². The van der Waals surface area contributed by atoms with Crippen molar-refractivity contribution in [2.45, 2.75) is 18.3 Å². The minimum atomic E-state index is 0.0765. The molecule has 0 bridgehead atoms. The Kier molecular flexibility index (Phi) is 4.49. The second-order valence-electron chi connectivity index (χ2n) is 4.82. The van der Waals surface area contributed by atoms with Gasteiger partial charge in [-0.15, -0.1) is 0 Å². The molecule has 0 unspecified atom stereocenters. The van der Waals surface area contributed by atoms with Gasteiger partial charge in [0.2, 0.25) is 0 Å². The predicted octanol–water partition coefficient (Wildman–Crippen LogP) is 2.62. The van der Waals surface area contributed by atoms with Crippen LogP contribution in [-0.2, 0) is 10.2 Å². The van der Waals surface area contributed by atoms with Gasteiger partial charge < -0.3 is 14.8 Å². The van der Waals surface area contributed by atoms with E-state index in [0.29, 0.717) is 0 Å². The molecule has 0 spiro atoms. The van der Waals surface area contributed by atoms with Crippen molar-refractivity contribution in [3.63, 3.8) is 0 Å². The van der Waals surface area contributed by atoms with Crippen LogP contribution >= 0.6 is 11.6 Å². The predicted molar refractivity (Wildman–Crippen MR) is 73.7 cm³/mol. The Labute approximate surface area is 113 Å². The summed E-state index contributed by atoms with van der Waals surface area (Å²) in [6.07, 6.45) is 2.21. The summed E-state index contributed by atoms with van der Waals surface area (Å²) < 4.78 is 10.9. The van der Waals surface area contributed by atoms with Crippen molar-refractivity contribution >= 4 is 11.6 Å². The van der Waals surface area contributed by atoms with Crippen LogP contribution in [0.1, 0.15) is 18.4 Å². The molecular weight excluding hydrogens is 250 g/mol. The third-order valence-corrected chi connectivity index (χ3v) is 3.81. The topological polar surface area (TPSA) is 30.5 Å². The van der Waals surface area contributed by atoms with Gasteiger partial charge in [-0.05, 0) is 44.6 Å². The van der Waals surface area contributed by atoms with Crippen LogP contribution in [0.2, 0.25) is 5.02 Å². The van der Waals surface area contributed by atoms with Gasteiger partial charge in [-0.2, -0.15) is 0 Å². The maximum absolute atomic E-state index is 6.11. The second-order valence-corrected chi connectivity index (χ2v) is 5.26. The molecule has 0 radical (unpaired) electrons. The smallest absolute Gasteiger partial charge is 0.122 e. The summed E-state index contributed by atoms with van der Waals surface area (Å²) in [4.78, 5) is 0. The lowest BCUT2D eigenvalue weighted by atomic mass is 9.74. The molecule has 0 aliphatic carbocycles. The van der Waals surface area contributed by atoms with E-state index in [0.717, 1.165) is 43.4 Å². The fourth-order valence-corrected chi connectivity index (χ4v) is 2.65. The highest BCUT2D eigenvalue weighted by atomic mass is 35.5. The fraction of sp³-hybridized carbons (Fsp3) is 0.571. The Balaban J connectivity index is 2.23. The number of methoxy groups -OCH3 is 1. The summed E-state index contributed by atoms with van der Waals surface area (Å²) in [5.74, 6) is 0.909. The van der Waals surface area contributed by atoms with Crippen LogP contribution in [0.4, 0.5) is 0 Å². The van der Waals surface area contributed by atoms with Crippen LogP contribution in [0.5, 0.6) is 5.75 Å². The first-order chi connectivity index (χ1) is 8.72. The minimum absolute atomic E-state index is 0.0765. The van der Waals surface area contributed by atoms with E-state index in [2.05, 4.69) is 5.32 Å². The number of hydrogen-bond donors (Lipinski definition) is 1. The molecule has 4 heteroatoms. The van der Waals surface area contributed by atoms with Gasteiger partial charge in [-0.25, -0.2) is 0 Å². The van der Waals surface area contributed by atoms with Gasteiger partial charge in [0, 0.05) is 16.0 Å². The van der Waals surface area contributed by atoms with Crippen LogP contribution in [-0.4, -0.2) is 33.9 Å². The molecule has 18 heavy (non-hydrogen) atoms. The van der Waals surface area contributed by atoms with E-state index < -0.39 is 0 Å². The van der Waals surface area contributed by atoms with E-state index in [1.54, 1.807) is 7.11 Å². The first-order valence-electron chi connectivity index (χ1n) is 6.28. The largest absolute Gasteiger partial charge is 0.496 e. The summed E-state index contributed by atoms with van der Waals surface area (Å²) >= 11 is 6.11. The third kappa shape index (κ3) is 2.63. The molecule has 1 aliphatic rings. The lowest BCUT2D eigenvalue weighted by Crippen LogP contribution is -2.47. The summed E-state index contributed by atoms with van der Waals surface area (Å²) in [5.41, 5.74) is 1.26. The summed E-state index contributed by atoms with van der Waals surface area (Å²) in [7, 11) is 3.68. The highest BCUT2D eigenvalue weighted by Gasteiger charge is 2.41. The van der Waals surface area contributed by atoms with Gasteiger partial charge in [0.1, 0.15) is 5.75 Å². The molecule has 0 amide bonds. The van der Waals surface area contributed by atoms with Crippen molar-refractivity contribution in [3.8, 4) is 5.75 Å². The van der Waals surface area contributed by atoms with Gasteiger partial charge in [-0.1, -0.05) is 11.6 Å². The lowest BCUT2D eigenvalue weighted by molar-refractivity contribution is -0.0659. The Morgan fingerprint density at radius 2 is 2.22 bits per heavy atom. The first-order valence-corrected chi connectivity index (χ1v) is 6.66. The van der Waals surface area contributed by atoms with Gasteiger partial charge in [0.25, 0.3) is 0 Å². The fourth-order valence-electron chi connectivity index (χ4n) is 2.48. The maximum Gasteiger partial charge on any atom is 0.122 e. The van der Waals surface area contributed by atoms with E-state index in [-0.39, 0.29) is 5.41 Å². The molecule has 0 atom stereocenters. The minimum Gasteiger partial charge on any atom is -0.496 e. The van der Waals surface area contributed by atoms with Crippen molar-refractivity contribution in [2.75, 3.05) is 33.9 Å². The maximum atomic E-state index is 6.11. The van der Waals surface area contributed by atoms with Crippen molar-refractivity contribution in [2.24, 2.45) is 0 Å². The van der Waals surface area contributed by atoms with Gasteiger partial charge >= 0.3 is 0 Å². The van der Waals surface area contributed by atoms with Gasteiger partial charge in [0.05, 0.1) is 20.3 Å². The van der Waals surface area contributed by atoms with E-state index >= 15 is 0 Å². The Morgan fingerprint density at radius 1 is 1.44 bits per heavy atom. The summed E-state index contributed by atoms with van der Waals surface area (Å²) in [5, 5.41) is 3.94. The molecule has 1 aliphatic heterocycles. The van der Waals surface area contributed by atoms with Crippen molar-refractivity contribution in [1.29, 1.82) is 0 Å². The molecule has 1 fully saturated rings. The Bertz CT molecular complexity index is 405. The van der Waals surface area contributed by atoms with Gasteiger partial charge in [0.15, 0.2) is 0 Å². The molecule has 3 nitrogen and oxygen atoms in total. The number of hydrogen-bond acceptors (Lipinski definition) is 3. The molecule has 1 saturated heterocycles. The molecule has 1 aromatic rings. The lowest BCUT2D eigenvalue weighted by Gasteiger charge is -2.42. The van der Waals surface area contributed by atoms with E-state index in [9.17, 15) is 0 Å². The molecule has 0 saturated carbocycles. The highest BCUT2D eigenvalue weighted by Crippen LogP contribution is 2.42. The number of halogens is 1. The van der Waals surface area contributed by atoms with Crippen molar-refractivity contribution in [3.05, 3.63) is 28.8 Å². The molecule has 100 valence electrons. The zero-order chi connectivity index (χ0) is 13.0. The number of rotatable bonds is 6. The normalized spacial score (nSPS) is 17.3. The summed E-state index contributed by atoms with van der Waals surface area (Å²) in [6.45, 7) is 2.53. The Hall–Kier alpha value is -0.770. The Morgan fingerprint density at radius 3 is 2.78 bits per heavy atom. The SMILES string of the molecule is CNCCCC1(c2cc(Cl)ccc2OC)COC1. The number of nitrogens with one attached hydrogen (secondary N) is 1. The zero-order valence-electron chi connectivity index (χ0n) is 11.0. The highest BCUT2D eigenvalue weighted by molar-refractivity contribution is 6.30. The van der Waals surface area contributed by atoms with Crippen LogP contribution in [0, 0.1) is 0 Å². The molecule has 0 aromatic heterocycles. The van der Waals surface area contributed by atoms with Gasteiger partial charge in [-0.3, -0.25) is 0 Å². The average Bonchev–Trinajstić information content (AvgIpc) is 2.33. The first kappa shape index (κ1) is 13.7. The van der Waals surface area contributed by atoms with E-state index in [1.165, 1.54) is 5.56 Å². The second kappa shape index (κ2) is 5.91. The quantitative estimate of drug-likeness (QED) is 0.806. The van der Waals surface area contributed by atoms with E-state index in [1.807, 2.05) is 25.2 Å². The zero-order valence-corrected chi connectivity index (χ0v) is 11.7. The van der Waals surface area contributed by atoms with Crippen LogP contribution in [0.25, 0.3) is 0 Å². The number of ether oxygens (including phenoxy) is 2. The summed E-state index contributed by atoms with van der Waals surface area (Å²) in [6, 6.07) is 5.82. The number of benzene rings is 1. The third-order valence-electron chi connectivity index (χ3n) is 3.57. The molecule has 1 heterocycles. The van der Waals surface area contributed by atoms with Crippen LogP contribution in [0.15, 0.2) is 18.2 Å². The average molecular weight is 270 g/mol. The molecular formula is C14H20ClNO2. The molecule has 2 rings (SSSR count). The van der Waals surface area contributed by atoms with Crippen molar-refractivity contribution < 1.29 is 9.47 Å². The standard InChI is InChI=1S/C14H20ClNO2/c1-16-7-3-6-14(9-18-10-14)12-8-11(15)4-5-13(12)17-2/h4-5,8,16H,3,6-7,9-10H2,1-2H3. The molecule has 1 aromatic carbocycles. The molecule has 1 N–H and O–H groups in total. The van der Waals surface area contributed by atoms with Crippen LogP contribution in [0.3, 0.4) is 0 Å².